The Morgan fingerprint density at radius 2 is 1.52 bits per heavy atom. The van der Waals surface area contributed by atoms with Gasteiger partial charge in [-0.2, -0.15) is 0 Å². The summed E-state index contributed by atoms with van der Waals surface area (Å²) in [5.41, 5.74) is 1.03. The van der Waals surface area contributed by atoms with Gasteiger partial charge in [0.2, 0.25) is 5.91 Å². The Bertz CT molecular complexity index is 716. The number of hydrogen-bond acceptors (Lipinski definition) is 3. The van der Waals surface area contributed by atoms with E-state index >= 15 is 0 Å². The number of alkyl halides is 1. The quantitative estimate of drug-likeness (QED) is 0.796. The number of nitrogens with one attached hydrogen (secondary N) is 2. The molecule has 5 nitrogen and oxygen atoms in total. The van der Waals surface area contributed by atoms with E-state index in [1.165, 1.54) is 12.1 Å². The molecule has 0 unspecified atom stereocenters. The molecule has 0 aliphatic carbocycles. The lowest BCUT2D eigenvalue weighted by molar-refractivity contribution is -0.113. The van der Waals surface area contributed by atoms with Crippen LogP contribution in [0.5, 0.6) is 0 Å². The van der Waals surface area contributed by atoms with E-state index in [0.717, 1.165) is 0 Å². The minimum atomic E-state index is -3.60. The number of rotatable bonds is 5. The van der Waals surface area contributed by atoms with Crippen molar-refractivity contribution in [1.29, 1.82) is 0 Å². The van der Waals surface area contributed by atoms with Gasteiger partial charge in [0.1, 0.15) is 0 Å². The van der Waals surface area contributed by atoms with Gasteiger partial charge in [-0.1, -0.05) is 34.1 Å². The highest BCUT2D eigenvalue weighted by atomic mass is 79.9. The van der Waals surface area contributed by atoms with Crippen molar-refractivity contribution in [2.45, 2.75) is 4.90 Å². The Morgan fingerprint density at radius 1 is 0.952 bits per heavy atom. The molecule has 21 heavy (non-hydrogen) atoms. The Kier molecular flexibility index (Phi) is 4.98. The van der Waals surface area contributed by atoms with Gasteiger partial charge < -0.3 is 5.32 Å². The molecule has 0 aliphatic heterocycles. The van der Waals surface area contributed by atoms with E-state index in [4.69, 9.17) is 0 Å². The maximum Gasteiger partial charge on any atom is 0.261 e. The zero-order valence-electron chi connectivity index (χ0n) is 10.9. The van der Waals surface area contributed by atoms with Crippen molar-refractivity contribution in [3.05, 3.63) is 54.6 Å². The number of benzene rings is 2. The van der Waals surface area contributed by atoms with Gasteiger partial charge in [0.15, 0.2) is 0 Å². The molecule has 2 aromatic carbocycles. The van der Waals surface area contributed by atoms with Gasteiger partial charge in [-0.3, -0.25) is 9.52 Å². The topological polar surface area (TPSA) is 75.3 Å². The highest BCUT2D eigenvalue weighted by molar-refractivity contribution is 9.09. The Hall–Kier alpha value is -1.86. The van der Waals surface area contributed by atoms with Crippen LogP contribution in [0, 0.1) is 0 Å². The van der Waals surface area contributed by atoms with Crippen LogP contribution in [0.25, 0.3) is 0 Å². The van der Waals surface area contributed by atoms with Gasteiger partial charge in [-0.15, -0.1) is 0 Å². The number of anilines is 2. The highest BCUT2D eigenvalue weighted by Gasteiger charge is 2.13. The first-order valence-electron chi connectivity index (χ1n) is 6.05. The molecule has 1 amide bonds. The van der Waals surface area contributed by atoms with E-state index < -0.39 is 10.0 Å². The van der Waals surface area contributed by atoms with Crippen molar-refractivity contribution in [2.75, 3.05) is 15.4 Å². The van der Waals surface area contributed by atoms with Crippen molar-refractivity contribution in [3.63, 3.8) is 0 Å². The van der Waals surface area contributed by atoms with Gasteiger partial charge in [0.25, 0.3) is 10.0 Å². The van der Waals surface area contributed by atoms with Crippen LogP contribution >= 0.6 is 15.9 Å². The van der Waals surface area contributed by atoms with Crippen LogP contribution in [0.15, 0.2) is 59.5 Å². The lowest BCUT2D eigenvalue weighted by Gasteiger charge is -2.09. The molecule has 2 N–H and O–H groups in total. The maximum absolute atomic E-state index is 12.1. The van der Waals surface area contributed by atoms with Gasteiger partial charge >= 0.3 is 0 Å². The fourth-order valence-electron chi connectivity index (χ4n) is 1.63. The van der Waals surface area contributed by atoms with Gasteiger partial charge in [-0.05, 0) is 36.4 Å². The number of sulfonamides is 1. The largest absolute Gasteiger partial charge is 0.325 e. The summed E-state index contributed by atoms with van der Waals surface area (Å²) >= 11 is 3.05. The van der Waals surface area contributed by atoms with E-state index in [-0.39, 0.29) is 16.1 Å². The van der Waals surface area contributed by atoms with E-state index in [1.54, 1.807) is 42.5 Å². The van der Waals surface area contributed by atoms with Crippen LogP contribution in [0.3, 0.4) is 0 Å². The Balaban J connectivity index is 2.12. The summed E-state index contributed by atoms with van der Waals surface area (Å²) in [6.45, 7) is 0. The molecule has 0 fully saturated rings. The third-order valence-electron chi connectivity index (χ3n) is 2.60. The average molecular weight is 369 g/mol. The smallest absolute Gasteiger partial charge is 0.261 e. The predicted molar refractivity (Wildman–Crippen MR) is 86.1 cm³/mol. The van der Waals surface area contributed by atoms with E-state index in [0.29, 0.717) is 11.4 Å². The number of amides is 1. The van der Waals surface area contributed by atoms with Gasteiger partial charge in [0, 0.05) is 11.4 Å². The number of carbonyl (C=O) groups is 1. The normalized spacial score (nSPS) is 10.9. The second kappa shape index (κ2) is 6.73. The minimum Gasteiger partial charge on any atom is -0.325 e. The molecule has 7 heteroatoms. The third-order valence-corrected chi connectivity index (χ3v) is 4.50. The second-order valence-corrected chi connectivity index (χ2v) is 6.42. The zero-order valence-corrected chi connectivity index (χ0v) is 13.3. The molecule has 0 aliphatic rings. The van der Waals surface area contributed by atoms with Crippen molar-refractivity contribution < 1.29 is 13.2 Å². The molecule has 0 radical (unpaired) electrons. The number of carbonyl (C=O) groups excluding carboxylic acids is 1. The first kappa shape index (κ1) is 15.5. The maximum atomic E-state index is 12.1. The number of halogens is 1. The molecular weight excluding hydrogens is 356 g/mol. The summed E-state index contributed by atoms with van der Waals surface area (Å²) in [6, 6.07) is 14.5. The predicted octanol–water partition coefficient (Wildman–Crippen LogP) is 2.82. The van der Waals surface area contributed by atoms with Crippen molar-refractivity contribution in [3.8, 4) is 0 Å². The molecule has 0 aromatic heterocycles. The molecule has 110 valence electrons. The lowest BCUT2D eigenvalue weighted by Crippen LogP contribution is -2.14. The summed E-state index contributed by atoms with van der Waals surface area (Å²) in [7, 11) is -3.60. The zero-order chi connectivity index (χ0) is 15.3. The molecule has 2 aromatic rings. The van der Waals surface area contributed by atoms with Crippen LogP contribution in [0.2, 0.25) is 0 Å². The second-order valence-electron chi connectivity index (χ2n) is 4.18. The van der Waals surface area contributed by atoms with Crippen molar-refractivity contribution >= 4 is 43.2 Å². The standard InChI is InChI=1S/C14H13BrN2O3S/c15-10-14(18)16-11-6-8-12(9-7-11)17-21(19,20)13-4-2-1-3-5-13/h1-9,17H,10H2,(H,16,18). The summed E-state index contributed by atoms with van der Waals surface area (Å²) in [6.07, 6.45) is 0. The molecule has 0 saturated carbocycles. The van der Waals surface area contributed by atoms with Crippen molar-refractivity contribution in [1.82, 2.24) is 0 Å². The SMILES string of the molecule is O=C(CBr)Nc1ccc(NS(=O)(=O)c2ccccc2)cc1. The summed E-state index contributed by atoms with van der Waals surface area (Å²) in [4.78, 5) is 11.4. The van der Waals surface area contributed by atoms with E-state index in [2.05, 4.69) is 26.0 Å². The van der Waals surface area contributed by atoms with Gasteiger partial charge in [0.05, 0.1) is 10.2 Å². The molecular formula is C14H13BrN2O3S. The van der Waals surface area contributed by atoms with Crippen LogP contribution in [-0.4, -0.2) is 19.7 Å². The first-order chi connectivity index (χ1) is 10.0. The minimum absolute atomic E-state index is 0.174. The molecule has 2 rings (SSSR count). The Morgan fingerprint density at radius 3 is 2.10 bits per heavy atom. The van der Waals surface area contributed by atoms with E-state index in [9.17, 15) is 13.2 Å². The summed E-state index contributed by atoms with van der Waals surface area (Å²) in [5, 5.41) is 2.85. The van der Waals surface area contributed by atoms with Crippen LogP contribution < -0.4 is 10.0 Å². The van der Waals surface area contributed by atoms with Crippen LogP contribution in [0.4, 0.5) is 11.4 Å². The number of hydrogen-bond donors (Lipinski definition) is 2. The fourth-order valence-corrected chi connectivity index (χ4v) is 2.85. The van der Waals surface area contributed by atoms with Crippen molar-refractivity contribution in [2.24, 2.45) is 0 Å². The van der Waals surface area contributed by atoms with Crippen LogP contribution in [0.1, 0.15) is 0 Å². The Labute approximate surface area is 131 Å². The summed E-state index contributed by atoms with van der Waals surface area (Å²) < 4.78 is 26.7. The molecule has 0 heterocycles. The third kappa shape index (κ3) is 4.30. The molecule has 0 spiro atoms. The van der Waals surface area contributed by atoms with E-state index in [1.807, 2.05) is 0 Å². The monoisotopic (exact) mass is 368 g/mol. The molecule has 0 saturated heterocycles. The van der Waals surface area contributed by atoms with Gasteiger partial charge in [-0.25, -0.2) is 8.42 Å². The molecule has 0 bridgehead atoms. The lowest BCUT2D eigenvalue weighted by atomic mass is 10.3. The summed E-state index contributed by atoms with van der Waals surface area (Å²) in [5.74, 6) is -0.174. The van der Waals surface area contributed by atoms with Crippen LogP contribution in [-0.2, 0) is 14.8 Å². The first-order valence-corrected chi connectivity index (χ1v) is 8.65. The fraction of sp³-hybridized carbons (Fsp3) is 0.0714. The highest BCUT2D eigenvalue weighted by Crippen LogP contribution is 2.18. The average Bonchev–Trinajstić information content (AvgIpc) is 2.50. The molecule has 0 atom stereocenters.